The Kier molecular flexibility index (Phi) is 3.82. The summed E-state index contributed by atoms with van der Waals surface area (Å²) in [5.41, 5.74) is -0.195. The molecule has 1 aromatic carbocycles. The van der Waals surface area contributed by atoms with Crippen molar-refractivity contribution < 1.29 is 19.7 Å². The van der Waals surface area contributed by atoms with Crippen LogP contribution in [0, 0.1) is 16.7 Å². The van der Waals surface area contributed by atoms with Crippen molar-refractivity contribution in [3.05, 3.63) is 23.3 Å². The zero-order chi connectivity index (χ0) is 13.9. The van der Waals surface area contributed by atoms with Gasteiger partial charge in [0.1, 0.15) is 6.07 Å². The van der Waals surface area contributed by atoms with Crippen LogP contribution in [0.25, 0.3) is 0 Å². The summed E-state index contributed by atoms with van der Waals surface area (Å²) in [5, 5.41) is 27.7. The van der Waals surface area contributed by atoms with Gasteiger partial charge in [-0.1, -0.05) is 0 Å². The van der Waals surface area contributed by atoms with Crippen LogP contribution >= 0.6 is 0 Å². The van der Waals surface area contributed by atoms with Crippen molar-refractivity contribution >= 4 is 5.97 Å². The number of methoxy groups -OCH3 is 1. The Morgan fingerprint density at radius 2 is 2.11 bits per heavy atom. The third-order valence-electron chi connectivity index (χ3n) is 2.68. The lowest BCUT2D eigenvalue weighted by atomic mass is 9.85. The number of aromatic hydroxyl groups is 1. The highest BCUT2D eigenvalue weighted by molar-refractivity contribution is 5.74. The zero-order valence-corrected chi connectivity index (χ0v) is 10.5. The van der Waals surface area contributed by atoms with Crippen LogP contribution in [-0.4, -0.2) is 23.3 Å². The highest BCUT2D eigenvalue weighted by Gasteiger charge is 2.28. The molecule has 0 unspecified atom stereocenters. The maximum atomic E-state index is 11.0. The fraction of sp³-hybridized carbons (Fsp3) is 0.385. The molecule has 2 N–H and O–H groups in total. The van der Waals surface area contributed by atoms with E-state index in [9.17, 15) is 9.90 Å². The fourth-order valence-corrected chi connectivity index (χ4v) is 1.66. The van der Waals surface area contributed by atoms with Crippen LogP contribution in [0.1, 0.15) is 25.0 Å². The number of ether oxygens (including phenoxy) is 1. The molecule has 0 heterocycles. The predicted molar refractivity (Wildman–Crippen MR) is 64.5 cm³/mol. The second-order valence-corrected chi connectivity index (χ2v) is 4.67. The first kappa shape index (κ1) is 13.8. The van der Waals surface area contributed by atoms with Crippen molar-refractivity contribution in [2.45, 2.75) is 20.3 Å². The van der Waals surface area contributed by atoms with E-state index < -0.39 is 11.4 Å². The monoisotopic (exact) mass is 249 g/mol. The van der Waals surface area contributed by atoms with Crippen LogP contribution in [0.15, 0.2) is 12.1 Å². The molecule has 0 radical (unpaired) electrons. The van der Waals surface area contributed by atoms with Crippen molar-refractivity contribution in [1.29, 1.82) is 5.26 Å². The molecule has 0 aliphatic carbocycles. The van der Waals surface area contributed by atoms with E-state index in [1.165, 1.54) is 19.2 Å². The second-order valence-electron chi connectivity index (χ2n) is 4.67. The molecule has 0 aromatic heterocycles. The number of hydrogen-bond donors (Lipinski definition) is 2. The van der Waals surface area contributed by atoms with Crippen molar-refractivity contribution in [3.63, 3.8) is 0 Å². The third kappa shape index (κ3) is 2.72. The SMILES string of the molecule is COc1c(O)cc(CC(C)(C)C(=O)O)cc1C#N. The van der Waals surface area contributed by atoms with Gasteiger partial charge >= 0.3 is 5.97 Å². The Labute approximate surface area is 105 Å². The lowest BCUT2D eigenvalue weighted by Crippen LogP contribution is -2.26. The molecule has 1 rings (SSSR count). The van der Waals surface area contributed by atoms with E-state index in [0.717, 1.165) is 0 Å². The summed E-state index contributed by atoms with van der Waals surface area (Å²) < 4.78 is 4.91. The van der Waals surface area contributed by atoms with E-state index in [4.69, 9.17) is 15.1 Å². The van der Waals surface area contributed by atoms with Crippen LogP contribution in [0.2, 0.25) is 0 Å². The molecule has 0 bridgehead atoms. The van der Waals surface area contributed by atoms with Gasteiger partial charge in [-0.3, -0.25) is 4.79 Å². The molecule has 0 amide bonds. The van der Waals surface area contributed by atoms with Gasteiger partial charge < -0.3 is 14.9 Å². The molecule has 0 saturated heterocycles. The number of hydrogen-bond acceptors (Lipinski definition) is 4. The van der Waals surface area contributed by atoms with Gasteiger partial charge in [-0.25, -0.2) is 0 Å². The van der Waals surface area contributed by atoms with Gasteiger partial charge in [-0.15, -0.1) is 0 Å². The molecule has 96 valence electrons. The van der Waals surface area contributed by atoms with Crippen LogP contribution in [0.3, 0.4) is 0 Å². The number of carboxylic acid groups (broad SMARTS) is 1. The normalized spacial score (nSPS) is 10.8. The minimum absolute atomic E-state index is 0.106. The molecule has 18 heavy (non-hydrogen) atoms. The van der Waals surface area contributed by atoms with Gasteiger partial charge in [0.05, 0.1) is 18.1 Å². The van der Waals surface area contributed by atoms with E-state index in [1.807, 2.05) is 6.07 Å². The molecule has 5 nitrogen and oxygen atoms in total. The average molecular weight is 249 g/mol. The first-order chi connectivity index (χ1) is 8.31. The molecule has 0 spiro atoms. The second kappa shape index (κ2) is 4.96. The summed E-state index contributed by atoms with van der Waals surface area (Å²) in [7, 11) is 1.36. The molecule has 1 aromatic rings. The first-order valence-corrected chi connectivity index (χ1v) is 5.35. The standard InChI is InChI=1S/C13H15NO4/c1-13(2,12(16)17)6-8-4-9(7-14)11(18-3)10(15)5-8/h4-5,15H,6H2,1-3H3,(H,16,17). The van der Waals surface area contributed by atoms with E-state index in [0.29, 0.717) is 5.56 Å². The topological polar surface area (TPSA) is 90.6 Å². The number of nitriles is 1. The molecule has 5 heteroatoms. The molecule has 0 fully saturated rings. The Bertz CT molecular complexity index is 514. The van der Waals surface area contributed by atoms with E-state index >= 15 is 0 Å². The van der Waals surface area contributed by atoms with E-state index in [1.54, 1.807) is 13.8 Å². The van der Waals surface area contributed by atoms with Crippen LogP contribution < -0.4 is 4.74 Å². The van der Waals surface area contributed by atoms with Crippen molar-refractivity contribution in [2.24, 2.45) is 5.41 Å². The summed E-state index contributed by atoms with van der Waals surface area (Å²) in [4.78, 5) is 11.0. The zero-order valence-electron chi connectivity index (χ0n) is 10.5. The highest BCUT2D eigenvalue weighted by atomic mass is 16.5. The van der Waals surface area contributed by atoms with Crippen LogP contribution in [-0.2, 0) is 11.2 Å². The summed E-state index contributed by atoms with van der Waals surface area (Å²) in [6, 6.07) is 4.86. The summed E-state index contributed by atoms with van der Waals surface area (Å²) >= 11 is 0. The van der Waals surface area contributed by atoms with Gasteiger partial charge in [-0.2, -0.15) is 5.26 Å². The number of aliphatic carboxylic acids is 1. The summed E-state index contributed by atoms with van der Waals surface area (Å²) in [6.07, 6.45) is 0.217. The van der Waals surface area contributed by atoms with E-state index in [2.05, 4.69) is 0 Å². The molecule has 0 aliphatic rings. The summed E-state index contributed by atoms with van der Waals surface area (Å²) in [5.74, 6) is -0.988. The number of carboxylic acids is 1. The van der Waals surface area contributed by atoms with Crippen molar-refractivity contribution in [1.82, 2.24) is 0 Å². The fourth-order valence-electron chi connectivity index (χ4n) is 1.66. The Morgan fingerprint density at radius 3 is 2.56 bits per heavy atom. The third-order valence-corrected chi connectivity index (χ3v) is 2.68. The van der Waals surface area contributed by atoms with Gasteiger partial charge in [0.25, 0.3) is 0 Å². The van der Waals surface area contributed by atoms with Gasteiger partial charge in [0.2, 0.25) is 0 Å². The maximum absolute atomic E-state index is 11.0. The van der Waals surface area contributed by atoms with Crippen molar-refractivity contribution in [3.8, 4) is 17.6 Å². The minimum Gasteiger partial charge on any atom is -0.504 e. The molecule has 0 saturated carbocycles. The largest absolute Gasteiger partial charge is 0.504 e. The molecule has 0 atom stereocenters. The Balaban J connectivity index is 3.18. The Hall–Kier alpha value is -2.22. The predicted octanol–water partition coefficient (Wildman–Crippen LogP) is 1.93. The number of benzene rings is 1. The van der Waals surface area contributed by atoms with Gasteiger partial charge in [0.15, 0.2) is 11.5 Å². The number of nitrogens with zero attached hydrogens (tertiary/aromatic N) is 1. The van der Waals surface area contributed by atoms with Gasteiger partial charge in [0, 0.05) is 0 Å². The quantitative estimate of drug-likeness (QED) is 0.850. The maximum Gasteiger partial charge on any atom is 0.309 e. The number of carbonyl (C=O) groups is 1. The van der Waals surface area contributed by atoms with Crippen LogP contribution in [0.4, 0.5) is 0 Å². The highest BCUT2D eigenvalue weighted by Crippen LogP contribution is 2.33. The summed E-state index contributed by atoms with van der Waals surface area (Å²) in [6.45, 7) is 3.17. The van der Waals surface area contributed by atoms with Crippen molar-refractivity contribution in [2.75, 3.05) is 7.11 Å². The lowest BCUT2D eigenvalue weighted by Gasteiger charge is -2.19. The van der Waals surface area contributed by atoms with Crippen LogP contribution in [0.5, 0.6) is 11.5 Å². The molecular weight excluding hydrogens is 234 g/mol. The molecule has 0 aliphatic heterocycles. The number of rotatable bonds is 4. The lowest BCUT2D eigenvalue weighted by molar-refractivity contribution is -0.146. The number of phenolic OH excluding ortho intramolecular Hbond substituents is 1. The van der Waals surface area contributed by atoms with E-state index in [-0.39, 0.29) is 23.5 Å². The minimum atomic E-state index is -0.965. The molecular formula is C13H15NO4. The average Bonchev–Trinajstić information content (AvgIpc) is 2.27. The smallest absolute Gasteiger partial charge is 0.309 e. The first-order valence-electron chi connectivity index (χ1n) is 5.35. The Morgan fingerprint density at radius 1 is 1.50 bits per heavy atom. The number of phenols is 1. The van der Waals surface area contributed by atoms with Gasteiger partial charge in [-0.05, 0) is 38.0 Å².